The van der Waals surface area contributed by atoms with E-state index in [0.29, 0.717) is 16.3 Å². The van der Waals surface area contributed by atoms with E-state index in [0.717, 1.165) is 0 Å². The second kappa shape index (κ2) is 3.80. The molecule has 116 valence electrons. The Morgan fingerprint density at radius 2 is 1.17 bits per heavy atom. The minimum absolute atomic E-state index is 0.00852. The van der Waals surface area contributed by atoms with Crippen molar-refractivity contribution in [2.75, 3.05) is 0 Å². The number of H-pyrrole nitrogens is 3. The van der Waals surface area contributed by atoms with Crippen LogP contribution in [0.4, 0.5) is 0 Å². The van der Waals surface area contributed by atoms with E-state index in [2.05, 4.69) is 15.0 Å². The van der Waals surface area contributed by atoms with Crippen molar-refractivity contribution in [3.05, 3.63) is 59.6 Å². The van der Waals surface area contributed by atoms with E-state index in [9.17, 15) is 24.3 Å². The topological polar surface area (TPSA) is 136 Å². The molecule has 0 amide bonds. The molecule has 0 aliphatic carbocycles. The van der Waals surface area contributed by atoms with Crippen LogP contribution in [0.25, 0.3) is 43.4 Å². The van der Waals surface area contributed by atoms with Crippen molar-refractivity contribution in [2.45, 2.75) is 0 Å². The van der Waals surface area contributed by atoms with Crippen molar-refractivity contribution in [1.29, 1.82) is 0 Å². The van der Waals surface area contributed by atoms with Crippen LogP contribution in [-0.2, 0) is 0 Å². The number of aromatic hydroxyl groups is 1. The average Bonchev–Trinajstić information content (AvgIpc) is 3.13. The van der Waals surface area contributed by atoms with Crippen LogP contribution in [0.2, 0.25) is 0 Å². The molecule has 0 spiro atoms. The van der Waals surface area contributed by atoms with Crippen LogP contribution in [0.15, 0.2) is 37.4 Å². The monoisotopic (exact) mass is 321 g/mol. The van der Waals surface area contributed by atoms with Gasteiger partial charge in [0, 0.05) is 10.8 Å². The minimum atomic E-state index is -0.721. The smallest absolute Gasteiger partial charge is 0.261 e. The number of para-hydroxylation sites is 1. The number of benzene rings is 2. The average molecular weight is 321 g/mol. The van der Waals surface area contributed by atoms with Crippen molar-refractivity contribution >= 4 is 43.4 Å². The molecule has 5 rings (SSSR count). The maximum absolute atomic E-state index is 12.3. The number of aromatic amines is 3. The lowest BCUT2D eigenvalue weighted by atomic mass is 10.0. The van der Waals surface area contributed by atoms with E-state index in [4.69, 9.17) is 0 Å². The normalized spacial score (nSPS) is 12.2. The fourth-order valence-electron chi connectivity index (χ4n) is 3.51. The zero-order valence-electron chi connectivity index (χ0n) is 11.8. The van der Waals surface area contributed by atoms with Gasteiger partial charge in [0.2, 0.25) is 0 Å². The summed E-state index contributed by atoms with van der Waals surface area (Å²) in [6, 6.07) is 4.70. The first kappa shape index (κ1) is 12.8. The van der Waals surface area contributed by atoms with Crippen molar-refractivity contribution in [2.24, 2.45) is 0 Å². The predicted molar refractivity (Wildman–Crippen MR) is 88.6 cm³/mol. The first-order valence-corrected chi connectivity index (χ1v) is 7.03. The molecule has 0 atom stereocenters. The van der Waals surface area contributed by atoms with Crippen LogP contribution in [-0.4, -0.2) is 20.1 Å². The minimum Gasteiger partial charge on any atom is -0.506 e. The molecule has 0 fully saturated rings. The van der Waals surface area contributed by atoms with Gasteiger partial charge in [0.05, 0.1) is 32.6 Å². The molecule has 3 aromatic heterocycles. The Bertz CT molecular complexity index is 1540. The lowest BCUT2D eigenvalue weighted by Gasteiger charge is -1.96. The van der Waals surface area contributed by atoms with Gasteiger partial charge in [0.15, 0.2) is 0 Å². The van der Waals surface area contributed by atoms with Crippen LogP contribution < -0.4 is 22.2 Å². The van der Waals surface area contributed by atoms with Crippen molar-refractivity contribution < 1.29 is 5.11 Å². The summed E-state index contributed by atoms with van der Waals surface area (Å²) in [6.07, 6.45) is 0. The van der Waals surface area contributed by atoms with Crippen molar-refractivity contribution in [3.8, 4) is 5.75 Å². The Morgan fingerprint density at radius 1 is 0.625 bits per heavy atom. The SMILES string of the molecule is O=c1[nH]c(=O)c2c1c1[nH]c3c(O)cccc3c1c1c(=O)[nH]c(=O)c21. The Labute approximate surface area is 129 Å². The summed E-state index contributed by atoms with van der Waals surface area (Å²) in [5.41, 5.74) is -2.16. The maximum atomic E-state index is 12.3. The zero-order valence-corrected chi connectivity index (χ0v) is 11.8. The molecule has 8 nitrogen and oxygen atoms in total. The molecule has 24 heavy (non-hydrogen) atoms. The molecule has 4 N–H and O–H groups in total. The number of fused-ring (bicyclic) bond motifs is 8. The Morgan fingerprint density at radius 3 is 1.83 bits per heavy atom. The third kappa shape index (κ3) is 1.25. The number of aromatic nitrogens is 3. The van der Waals surface area contributed by atoms with Gasteiger partial charge in [-0.25, -0.2) is 0 Å². The Hall–Kier alpha value is -3.68. The first-order valence-electron chi connectivity index (χ1n) is 7.03. The fourth-order valence-corrected chi connectivity index (χ4v) is 3.51. The van der Waals surface area contributed by atoms with Crippen molar-refractivity contribution in [1.82, 2.24) is 15.0 Å². The Balaban J connectivity index is 2.39. The number of phenols is 1. The predicted octanol–water partition coefficient (Wildman–Crippen LogP) is 0.306. The van der Waals surface area contributed by atoms with Crippen LogP contribution in [0.1, 0.15) is 0 Å². The van der Waals surface area contributed by atoms with Gasteiger partial charge in [-0.15, -0.1) is 0 Å². The molecule has 3 heterocycles. The molecular weight excluding hydrogens is 314 g/mol. The van der Waals surface area contributed by atoms with Gasteiger partial charge < -0.3 is 10.1 Å². The molecule has 0 aliphatic rings. The summed E-state index contributed by atoms with van der Waals surface area (Å²) in [6.45, 7) is 0. The van der Waals surface area contributed by atoms with Crippen LogP contribution in [0.5, 0.6) is 5.75 Å². The molecular formula is C16H7N3O5. The van der Waals surface area contributed by atoms with Gasteiger partial charge in [-0.3, -0.25) is 29.1 Å². The Kier molecular flexibility index (Phi) is 2.03. The van der Waals surface area contributed by atoms with E-state index in [1.54, 1.807) is 12.1 Å². The highest BCUT2D eigenvalue weighted by Gasteiger charge is 2.24. The lowest BCUT2D eigenvalue weighted by molar-refractivity contribution is 0.480. The molecule has 8 heteroatoms. The van der Waals surface area contributed by atoms with E-state index in [-0.39, 0.29) is 32.8 Å². The summed E-state index contributed by atoms with van der Waals surface area (Å²) in [5, 5.41) is 10.7. The van der Waals surface area contributed by atoms with Gasteiger partial charge in [-0.2, -0.15) is 0 Å². The highest BCUT2D eigenvalue weighted by Crippen LogP contribution is 2.36. The van der Waals surface area contributed by atoms with Gasteiger partial charge >= 0.3 is 0 Å². The molecule has 2 aromatic carbocycles. The number of rotatable bonds is 0. The quantitative estimate of drug-likeness (QED) is 0.325. The van der Waals surface area contributed by atoms with Gasteiger partial charge in [-0.05, 0) is 6.07 Å². The molecule has 0 saturated carbocycles. The van der Waals surface area contributed by atoms with E-state index in [1.807, 2.05) is 0 Å². The largest absolute Gasteiger partial charge is 0.506 e. The first-order chi connectivity index (χ1) is 11.5. The van der Waals surface area contributed by atoms with Gasteiger partial charge in [-0.1, -0.05) is 12.1 Å². The molecule has 0 saturated heterocycles. The number of hydrogen-bond acceptors (Lipinski definition) is 5. The second-order valence-electron chi connectivity index (χ2n) is 5.64. The molecule has 0 aliphatic heterocycles. The zero-order chi connectivity index (χ0) is 16.7. The number of hydrogen-bond donors (Lipinski definition) is 4. The highest BCUT2D eigenvalue weighted by molar-refractivity contribution is 6.31. The van der Waals surface area contributed by atoms with Crippen LogP contribution in [0, 0.1) is 0 Å². The van der Waals surface area contributed by atoms with Gasteiger partial charge in [0.25, 0.3) is 22.2 Å². The van der Waals surface area contributed by atoms with E-state index >= 15 is 0 Å². The molecule has 5 aromatic rings. The van der Waals surface area contributed by atoms with Crippen molar-refractivity contribution in [3.63, 3.8) is 0 Å². The summed E-state index contributed by atoms with van der Waals surface area (Å²) in [4.78, 5) is 56.0. The fraction of sp³-hybridized carbons (Fsp3) is 0. The second-order valence-corrected chi connectivity index (χ2v) is 5.64. The summed E-state index contributed by atoms with van der Waals surface area (Å²) in [5.74, 6) is -0.0688. The third-order valence-corrected chi connectivity index (χ3v) is 4.42. The maximum Gasteiger partial charge on any atom is 0.261 e. The standard InChI is InChI=1S/C16H7N3O5/c20-5-3-1-2-4-6-7-8(14(22)18-13(7)21)9-10(12(6)17-11(4)5)16(24)19-15(9)23/h1-3,17,20H,(H,18,21,22)(H,19,23,24). The van der Waals surface area contributed by atoms with E-state index in [1.165, 1.54) is 6.07 Å². The van der Waals surface area contributed by atoms with E-state index < -0.39 is 22.2 Å². The van der Waals surface area contributed by atoms with Gasteiger partial charge in [0.1, 0.15) is 5.75 Å². The molecule has 0 unspecified atom stereocenters. The lowest BCUT2D eigenvalue weighted by Crippen LogP contribution is -2.08. The van der Waals surface area contributed by atoms with Crippen LogP contribution in [0.3, 0.4) is 0 Å². The summed E-state index contributed by atoms with van der Waals surface area (Å²) in [7, 11) is 0. The summed E-state index contributed by atoms with van der Waals surface area (Å²) < 4.78 is 0. The number of phenolic OH excluding ortho intramolecular Hbond substituents is 1. The third-order valence-electron chi connectivity index (χ3n) is 4.42. The molecule has 0 radical (unpaired) electrons. The van der Waals surface area contributed by atoms with Crippen LogP contribution >= 0.6 is 0 Å². The summed E-state index contributed by atoms with van der Waals surface area (Å²) >= 11 is 0. The highest BCUT2D eigenvalue weighted by atomic mass is 16.3. The molecule has 0 bridgehead atoms. The number of nitrogens with one attached hydrogen (secondary N) is 3.